The van der Waals surface area contributed by atoms with Crippen molar-refractivity contribution in [3.05, 3.63) is 17.5 Å². The summed E-state index contributed by atoms with van der Waals surface area (Å²) in [4.78, 5) is 0. The average Bonchev–Trinajstić information content (AvgIpc) is 3.41. The van der Waals surface area contributed by atoms with Crippen molar-refractivity contribution in [2.75, 3.05) is 61.0 Å². The molecule has 1 fully saturated rings. The van der Waals surface area contributed by atoms with Crippen molar-refractivity contribution in [3.8, 4) is 0 Å². The molecule has 1 saturated heterocycles. The Morgan fingerprint density at radius 2 is 1.57 bits per heavy atom. The van der Waals surface area contributed by atoms with E-state index in [1.807, 2.05) is 38.3 Å². The van der Waals surface area contributed by atoms with Gasteiger partial charge in [0.2, 0.25) is 0 Å². The van der Waals surface area contributed by atoms with Gasteiger partial charge in [0.25, 0.3) is 0 Å². The lowest BCUT2D eigenvalue weighted by molar-refractivity contribution is 0.0866. The summed E-state index contributed by atoms with van der Waals surface area (Å²) in [5.74, 6) is 0. The Morgan fingerprint density at radius 3 is 1.97 bits per heavy atom. The van der Waals surface area contributed by atoms with E-state index in [4.69, 9.17) is 36.0 Å². The highest BCUT2D eigenvalue weighted by atomic mass is 32.1. The zero-order valence-electron chi connectivity index (χ0n) is 19.1. The third-order valence-corrected chi connectivity index (χ3v) is 11.6. The second-order valence-electron chi connectivity index (χ2n) is 6.26. The molecule has 1 aromatic rings. The van der Waals surface area contributed by atoms with Crippen LogP contribution in [0.4, 0.5) is 0 Å². The fourth-order valence-electron chi connectivity index (χ4n) is 2.69. The summed E-state index contributed by atoms with van der Waals surface area (Å²) < 4.78 is 44.7. The number of hydrogen-bond donors (Lipinski definition) is 0. The Morgan fingerprint density at radius 1 is 1.00 bits per heavy atom. The number of thiophene rings is 1. The molecule has 176 valence electrons. The molecule has 0 spiro atoms. The van der Waals surface area contributed by atoms with E-state index in [0.717, 1.165) is 23.6 Å². The third kappa shape index (κ3) is 9.53. The van der Waals surface area contributed by atoms with Crippen LogP contribution in [0.1, 0.15) is 27.2 Å². The minimum Gasteiger partial charge on any atom is -0.379 e. The van der Waals surface area contributed by atoms with Crippen molar-refractivity contribution in [2.45, 2.75) is 39.3 Å². The van der Waals surface area contributed by atoms with Crippen LogP contribution in [0.25, 0.3) is 0 Å². The predicted molar refractivity (Wildman–Crippen MR) is 121 cm³/mol. The standard InChI is InChI=1S/C10H18O3SSi.C9H20O5Si/c1-4-11-15(12-5-2,13-6-3)10-8-7-9-14-10;1-10-15(11-2,12-3)6-4-5-13-7-9-8-14-9/h7-9H,4-6H2,1-3H3;9H,4-8H2,1-3H3. The van der Waals surface area contributed by atoms with Gasteiger partial charge in [-0.05, 0) is 38.6 Å². The monoisotopic (exact) mass is 482 g/mol. The van der Waals surface area contributed by atoms with Gasteiger partial charge < -0.3 is 36.0 Å². The molecule has 0 aromatic carbocycles. The van der Waals surface area contributed by atoms with Gasteiger partial charge in [0.05, 0.1) is 17.7 Å². The van der Waals surface area contributed by atoms with E-state index in [0.29, 0.717) is 39.1 Å². The maximum absolute atomic E-state index is 5.76. The largest absolute Gasteiger partial charge is 0.547 e. The summed E-state index contributed by atoms with van der Waals surface area (Å²) in [6, 6.07) is 4.80. The lowest BCUT2D eigenvalue weighted by Gasteiger charge is -2.27. The van der Waals surface area contributed by atoms with Crippen LogP contribution in [0.5, 0.6) is 0 Å². The highest BCUT2D eigenvalue weighted by Crippen LogP contribution is 2.16. The Kier molecular flexibility index (Phi) is 14.5. The first-order valence-corrected chi connectivity index (χ1v) is 14.9. The van der Waals surface area contributed by atoms with Gasteiger partial charge in [-0.3, -0.25) is 0 Å². The molecule has 1 aliphatic rings. The van der Waals surface area contributed by atoms with Crippen molar-refractivity contribution in [1.29, 1.82) is 0 Å². The van der Waals surface area contributed by atoms with Gasteiger partial charge in [-0.2, -0.15) is 0 Å². The summed E-state index contributed by atoms with van der Waals surface area (Å²) in [7, 11) is -0.122. The smallest absolute Gasteiger partial charge is 0.379 e. The SMILES string of the molecule is CCO[Si](OCC)(OCC)c1cccs1.CO[Si](CCCOCC1CO1)(OC)OC. The quantitative estimate of drug-likeness (QED) is 0.202. The molecule has 2 heterocycles. The molecule has 1 atom stereocenters. The van der Waals surface area contributed by atoms with E-state index < -0.39 is 17.6 Å². The highest BCUT2D eigenvalue weighted by molar-refractivity contribution is 7.22. The average molecular weight is 483 g/mol. The van der Waals surface area contributed by atoms with Crippen LogP contribution >= 0.6 is 11.3 Å². The molecule has 0 saturated carbocycles. The van der Waals surface area contributed by atoms with Crippen LogP contribution < -0.4 is 4.50 Å². The van der Waals surface area contributed by atoms with Crippen LogP contribution in [0.2, 0.25) is 6.04 Å². The zero-order valence-corrected chi connectivity index (χ0v) is 22.0. The van der Waals surface area contributed by atoms with Crippen LogP contribution in [-0.2, 0) is 36.0 Å². The summed E-state index contributed by atoms with van der Waals surface area (Å²) in [6.45, 7) is 9.98. The van der Waals surface area contributed by atoms with Crippen molar-refractivity contribution in [2.24, 2.45) is 0 Å². The highest BCUT2D eigenvalue weighted by Gasteiger charge is 2.44. The second-order valence-corrected chi connectivity index (χ2v) is 13.2. The van der Waals surface area contributed by atoms with E-state index in [-0.39, 0.29) is 0 Å². The maximum Gasteiger partial charge on any atom is 0.547 e. The maximum atomic E-state index is 5.76. The minimum absolute atomic E-state index is 0.333. The van der Waals surface area contributed by atoms with Crippen molar-refractivity contribution in [1.82, 2.24) is 0 Å². The molecule has 0 aliphatic carbocycles. The van der Waals surface area contributed by atoms with E-state index in [9.17, 15) is 0 Å². The number of rotatable bonds is 16. The Balaban J connectivity index is 0.000000300. The van der Waals surface area contributed by atoms with Crippen molar-refractivity contribution >= 4 is 33.4 Å². The molecular formula is C19H38O8SSi2. The summed E-state index contributed by atoms with van der Waals surface area (Å²) in [6.07, 6.45) is 1.22. The Bertz CT molecular complexity index is 501. The Labute approximate surface area is 187 Å². The van der Waals surface area contributed by atoms with Crippen LogP contribution in [0.3, 0.4) is 0 Å². The predicted octanol–water partition coefficient (Wildman–Crippen LogP) is 2.67. The van der Waals surface area contributed by atoms with E-state index in [1.165, 1.54) is 0 Å². The number of ether oxygens (including phenoxy) is 2. The fraction of sp³-hybridized carbons (Fsp3) is 0.789. The lowest BCUT2D eigenvalue weighted by Crippen LogP contribution is -2.55. The number of hydrogen-bond acceptors (Lipinski definition) is 9. The van der Waals surface area contributed by atoms with Gasteiger partial charge in [-0.1, -0.05) is 6.07 Å². The summed E-state index contributed by atoms with van der Waals surface area (Å²) in [5.41, 5.74) is 0. The molecule has 8 nitrogen and oxygen atoms in total. The van der Waals surface area contributed by atoms with Crippen molar-refractivity contribution in [3.63, 3.8) is 0 Å². The zero-order chi connectivity index (χ0) is 22.3. The van der Waals surface area contributed by atoms with Gasteiger partial charge >= 0.3 is 17.6 Å². The first-order valence-electron chi connectivity index (χ1n) is 10.4. The lowest BCUT2D eigenvalue weighted by atomic mass is 10.5. The van der Waals surface area contributed by atoms with E-state index >= 15 is 0 Å². The minimum atomic E-state index is -2.60. The molecular weight excluding hydrogens is 444 g/mol. The molecule has 0 amide bonds. The van der Waals surface area contributed by atoms with E-state index in [2.05, 4.69) is 0 Å². The fourth-order valence-corrected chi connectivity index (χ4v) is 8.27. The van der Waals surface area contributed by atoms with Crippen LogP contribution in [0, 0.1) is 0 Å². The topological polar surface area (TPSA) is 77.1 Å². The molecule has 0 N–H and O–H groups in total. The van der Waals surface area contributed by atoms with Crippen LogP contribution in [-0.4, -0.2) is 84.7 Å². The molecule has 0 bridgehead atoms. The first kappa shape index (κ1) is 27.8. The third-order valence-electron chi connectivity index (χ3n) is 4.24. The molecule has 2 rings (SSSR count). The second kappa shape index (κ2) is 15.6. The van der Waals surface area contributed by atoms with Gasteiger partial charge in [0.1, 0.15) is 6.10 Å². The Hall–Kier alpha value is -0.186. The van der Waals surface area contributed by atoms with Gasteiger partial charge in [-0.25, -0.2) is 0 Å². The van der Waals surface area contributed by atoms with Crippen molar-refractivity contribution < 1.29 is 36.0 Å². The van der Waals surface area contributed by atoms with Crippen LogP contribution in [0.15, 0.2) is 17.5 Å². The molecule has 11 heteroatoms. The first-order chi connectivity index (χ1) is 14.5. The molecule has 0 radical (unpaired) electrons. The summed E-state index contributed by atoms with van der Waals surface area (Å²) in [5, 5.41) is 2.02. The molecule has 1 unspecified atom stereocenters. The van der Waals surface area contributed by atoms with Gasteiger partial charge in [0.15, 0.2) is 0 Å². The molecule has 1 aliphatic heterocycles. The van der Waals surface area contributed by atoms with E-state index in [1.54, 1.807) is 32.7 Å². The number of epoxide rings is 1. The van der Waals surface area contributed by atoms with Gasteiger partial charge in [0, 0.05) is 53.8 Å². The normalized spacial score (nSPS) is 16.3. The summed E-state index contributed by atoms with van der Waals surface area (Å²) >= 11 is 1.64. The molecule has 1 aromatic heterocycles. The van der Waals surface area contributed by atoms with Gasteiger partial charge in [-0.15, -0.1) is 11.3 Å². The molecule has 30 heavy (non-hydrogen) atoms.